The highest BCUT2D eigenvalue weighted by molar-refractivity contribution is 5.91. The van der Waals surface area contributed by atoms with Gasteiger partial charge in [-0.05, 0) is 42.4 Å². The van der Waals surface area contributed by atoms with E-state index in [0.29, 0.717) is 35.7 Å². The molecule has 2 heterocycles. The number of carbonyl (C=O) groups is 2. The van der Waals surface area contributed by atoms with E-state index >= 15 is 0 Å². The molecule has 1 aromatic carbocycles. The molecule has 1 aliphatic carbocycles. The maximum absolute atomic E-state index is 12.6. The van der Waals surface area contributed by atoms with Gasteiger partial charge in [0.2, 0.25) is 5.91 Å². The van der Waals surface area contributed by atoms with Crippen LogP contribution in [0.4, 0.5) is 5.82 Å². The zero-order valence-corrected chi connectivity index (χ0v) is 19.2. The van der Waals surface area contributed by atoms with Gasteiger partial charge in [-0.25, -0.2) is 4.68 Å². The molecule has 1 saturated heterocycles. The van der Waals surface area contributed by atoms with E-state index in [-0.39, 0.29) is 24.5 Å². The molecule has 2 atom stereocenters. The molecule has 0 spiro atoms. The molecule has 0 radical (unpaired) electrons. The number of aromatic nitrogens is 2. The summed E-state index contributed by atoms with van der Waals surface area (Å²) in [5.41, 5.74) is 2.16. The van der Waals surface area contributed by atoms with Crippen molar-refractivity contribution in [2.75, 3.05) is 11.9 Å². The van der Waals surface area contributed by atoms with Gasteiger partial charge < -0.3 is 15.4 Å². The summed E-state index contributed by atoms with van der Waals surface area (Å²) in [6, 6.07) is 9.73. The lowest BCUT2D eigenvalue weighted by Crippen LogP contribution is -2.55. The number of rotatable bonds is 8. The van der Waals surface area contributed by atoms with Crippen LogP contribution in [0.3, 0.4) is 0 Å². The van der Waals surface area contributed by atoms with Crippen LogP contribution < -0.4 is 20.7 Å². The molecule has 8 heteroatoms. The third kappa shape index (κ3) is 5.30. The summed E-state index contributed by atoms with van der Waals surface area (Å²) in [6.45, 7) is 8.33. The molecule has 0 bridgehead atoms. The minimum atomic E-state index is -0.504. The van der Waals surface area contributed by atoms with Crippen LogP contribution in [0.25, 0.3) is 0 Å². The number of ether oxygens (including phenoxy) is 1. The molecule has 1 saturated carbocycles. The van der Waals surface area contributed by atoms with E-state index in [4.69, 9.17) is 9.84 Å². The predicted molar refractivity (Wildman–Crippen MR) is 122 cm³/mol. The first-order valence-corrected chi connectivity index (χ1v) is 11.5. The summed E-state index contributed by atoms with van der Waals surface area (Å²) in [5.74, 6) is 2.07. The highest BCUT2D eigenvalue weighted by Crippen LogP contribution is 2.40. The second kappa shape index (κ2) is 9.32. The summed E-state index contributed by atoms with van der Waals surface area (Å²) in [7, 11) is 0. The maximum Gasteiger partial charge on any atom is 0.263 e. The molecule has 2 unspecified atom stereocenters. The largest absolute Gasteiger partial charge is 0.484 e. The van der Waals surface area contributed by atoms with Gasteiger partial charge in [-0.15, -0.1) is 0 Å². The topological polar surface area (TPSA) is 97.3 Å². The van der Waals surface area contributed by atoms with Gasteiger partial charge in [0.25, 0.3) is 5.91 Å². The Morgan fingerprint density at radius 1 is 1.22 bits per heavy atom. The lowest BCUT2D eigenvalue weighted by Gasteiger charge is -2.34. The average Bonchev–Trinajstić information content (AvgIpc) is 3.52. The fourth-order valence-electron chi connectivity index (χ4n) is 3.83. The highest BCUT2D eigenvalue weighted by atomic mass is 16.5. The third-order valence-electron chi connectivity index (χ3n) is 6.06. The third-order valence-corrected chi connectivity index (χ3v) is 6.06. The number of nitrogens with one attached hydrogen (secondary N) is 3. The van der Waals surface area contributed by atoms with Gasteiger partial charge in [0.15, 0.2) is 12.9 Å². The Labute approximate surface area is 189 Å². The number of amides is 2. The number of hydrogen-bond acceptors (Lipinski definition) is 5. The second-order valence-electron chi connectivity index (χ2n) is 9.43. The second-order valence-corrected chi connectivity index (χ2v) is 9.43. The lowest BCUT2D eigenvalue weighted by atomic mass is 9.99. The van der Waals surface area contributed by atoms with E-state index in [1.807, 2.05) is 30.3 Å². The zero-order chi connectivity index (χ0) is 22.8. The summed E-state index contributed by atoms with van der Waals surface area (Å²) >= 11 is 0. The van der Waals surface area contributed by atoms with Crippen molar-refractivity contribution in [3.8, 4) is 5.75 Å². The molecule has 32 heavy (non-hydrogen) atoms. The van der Waals surface area contributed by atoms with Crippen LogP contribution in [0.2, 0.25) is 0 Å². The number of nitrogens with zero attached hydrogens (tertiary/aromatic N) is 2. The predicted octanol–water partition coefficient (Wildman–Crippen LogP) is 3.49. The fraction of sp³-hybridized carbons (Fsp3) is 0.542. The molecule has 2 fully saturated rings. The minimum Gasteiger partial charge on any atom is -0.484 e. The summed E-state index contributed by atoms with van der Waals surface area (Å²) < 4.78 is 7.34. The van der Waals surface area contributed by atoms with Crippen molar-refractivity contribution in [3.63, 3.8) is 0 Å². The van der Waals surface area contributed by atoms with Crippen molar-refractivity contribution in [3.05, 3.63) is 41.6 Å². The number of benzene rings is 1. The van der Waals surface area contributed by atoms with Crippen molar-refractivity contribution in [2.24, 2.45) is 5.92 Å². The summed E-state index contributed by atoms with van der Waals surface area (Å²) in [4.78, 5) is 24.9. The molecule has 2 aromatic rings. The standard InChI is InChI=1S/C24H33N5O3/c1-14(2)16-7-9-18(10-8-16)32-13-23(31)26-21-11-20(17-5-6-17)28-29(21)24-25-19(15(3)4)12-22(30)27-24/h7-11,14-15,17,19,24-25H,5-6,12-13H2,1-4H3,(H,26,31)(H,27,30). The summed E-state index contributed by atoms with van der Waals surface area (Å²) in [6.07, 6.45) is 2.12. The normalized spacial score (nSPS) is 21.0. The SMILES string of the molecule is CC(C)c1ccc(OCC(=O)Nc2cc(C3CC3)nn2C2NC(=O)CC(C(C)C)N2)cc1. The number of anilines is 1. The molecule has 2 aliphatic rings. The van der Waals surface area contributed by atoms with Crippen molar-refractivity contribution in [1.82, 2.24) is 20.4 Å². The Hall–Kier alpha value is -2.87. The molecule has 172 valence electrons. The van der Waals surface area contributed by atoms with Crippen molar-refractivity contribution in [2.45, 2.75) is 71.1 Å². The molecule has 3 N–H and O–H groups in total. The molecule has 8 nitrogen and oxygen atoms in total. The van der Waals surface area contributed by atoms with Gasteiger partial charge in [0.05, 0.1) is 5.69 Å². The van der Waals surface area contributed by atoms with Gasteiger partial charge in [-0.1, -0.05) is 39.8 Å². The van der Waals surface area contributed by atoms with E-state index < -0.39 is 6.29 Å². The van der Waals surface area contributed by atoms with Crippen LogP contribution in [-0.4, -0.2) is 34.2 Å². The van der Waals surface area contributed by atoms with Crippen molar-refractivity contribution >= 4 is 17.6 Å². The Balaban J connectivity index is 1.44. The smallest absolute Gasteiger partial charge is 0.263 e. The van der Waals surface area contributed by atoms with Crippen LogP contribution in [0.1, 0.15) is 76.3 Å². The molecule has 2 amide bonds. The Morgan fingerprint density at radius 2 is 1.94 bits per heavy atom. The number of carbonyl (C=O) groups excluding carboxylic acids is 2. The van der Waals surface area contributed by atoms with Gasteiger partial charge in [0, 0.05) is 24.4 Å². The molecular formula is C24H33N5O3. The maximum atomic E-state index is 12.6. The molecular weight excluding hydrogens is 406 g/mol. The molecule has 1 aromatic heterocycles. The monoisotopic (exact) mass is 439 g/mol. The van der Waals surface area contributed by atoms with Crippen LogP contribution in [0.5, 0.6) is 5.75 Å². The van der Waals surface area contributed by atoms with Gasteiger partial charge in [-0.2, -0.15) is 5.10 Å². The zero-order valence-electron chi connectivity index (χ0n) is 19.2. The minimum absolute atomic E-state index is 0.0265. The first-order valence-electron chi connectivity index (χ1n) is 11.5. The Bertz CT molecular complexity index is 963. The van der Waals surface area contributed by atoms with Crippen LogP contribution >= 0.6 is 0 Å². The van der Waals surface area contributed by atoms with Crippen LogP contribution in [0.15, 0.2) is 30.3 Å². The summed E-state index contributed by atoms with van der Waals surface area (Å²) in [5, 5.41) is 14.0. The van der Waals surface area contributed by atoms with E-state index in [0.717, 1.165) is 18.5 Å². The Morgan fingerprint density at radius 3 is 2.56 bits per heavy atom. The first kappa shape index (κ1) is 22.3. The van der Waals surface area contributed by atoms with E-state index in [2.05, 4.69) is 43.6 Å². The van der Waals surface area contributed by atoms with Crippen molar-refractivity contribution < 1.29 is 14.3 Å². The lowest BCUT2D eigenvalue weighted by molar-refractivity contribution is -0.126. The highest BCUT2D eigenvalue weighted by Gasteiger charge is 2.33. The fourth-order valence-corrected chi connectivity index (χ4v) is 3.83. The van der Waals surface area contributed by atoms with Crippen molar-refractivity contribution in [1.29, 1.82) is 0 Å². The number of hydrogen-bond donors (Lipinski definition) is 3. The first-order chi connectivity index (χ1) is 15.3. The van der Waals surface area contributed by atoms with E-state index in [1.54, 1.807) is 4.68 Å². The average molecular weight is 440 g/mol. The quantitative estimate of drug-likeness (QED) is 0.585. The van der Waals surface area contributed by atoms with E-state index in [9.17, 15) is 9.59 Å². The van der Waals surface area contributed by atoms with Gasteiger partial charge in [-0.3, -0.25) is 14.9 Å². The van der Waals surface area contributed by atoms with Gasteiger partial charge in [0.1, 0.15) is 11.6 Å². The molecule has 1 aliphatic heterocycles. The molecule has 4 rings (SSSR count). The van der Waals surface area contributed by atoms with Crippen LogP contribution in [-0.2, 0) is 9.59 Å². The Kier molecular flexibility index (Phi) is 6.50. The van der Waals surface area contributed by atoms with Gasteiger partial charge >= 0.3 is 0 Å². The van der Waals surface area contributed by atoms with E-state index in [1.165, 1.54) is 5.56 Å². The van der Waals surface area contributed by atoms with Crippen LogP contribution in [0, 0.1) is 5.92 Å².